The van der Waals surface area contributed by atoms with Crippen molar-refractivity contribution < 1.29 is 22.3 Å². The van der Waals surface area contributed by atoms with Crippen molar-refractivity contribution in [3.8, 4) is 11.5 Å². The summed E-state index contributed by atoms with van der Waals surface area (Å²) in [5.74, 6) is 1.02. The fourth-order valence-electron chi connectivity index (χ4n) is 3.11. The van der Waals surface area contributed by atoms with E-state index in [9.17, 15) is 12.8 Å². The second-order valence-electron chi connectivity index (χ2n) is 6.31. The molecular formula is C19H23FN2O4S. The summed E-state index contributed by atoms with van der Waals surface area (Å²) in [5.41, 5.74) is 1.02. The standard InChI is InChI=1S/C19H23FN2O4S/c1-25-17-6-3-15(19(13-17)26-2)14-21-9-11-22(12-10-21)27(23,24)18-7-4-16(20)5-8-18/h3-8,13H,9-12,14H2,1-2H3. The summed E-state index contributed by atoms with van der Waals surface area (Å²) in [6.45, 7) is 2.65. The molecule has 8 heteroatoms. The normalized spacial score (nSPS) is 16.3. The van der Waals surface area contributed by atoms with Crippen LogP contribution < -0.4 is 9.47 Å². The smallest absolute Gasteiger partial charge is 0.243 e. The van der Waals surface area contributed by atoms with Crippen molar-refractivity contribution in [2.75, 3.05) is 40.4 Å². The zero-order chi connectivity index (χ0) is 19.4. The molecule has 27 heavy (non-hydrogen) atoms. The third-order valence-corrected chi connectivity index (χ3v) is 6.58. The highest BCUT2D eigenvalue weighted by atomic mass is 32.2. The van der Waals surface area contributed by atoms with E-state index < -0.39 is 15.8 Å². The number of ether oxygens (including phenoxy) is 2. The molecule has 2 aromatic carbocycles. The van der Waals surface area contributed by atoms with Gasteiger partial charge in [0.1, 0.15) is 17.3 Å². The van der Waals surface area contributed by atoms with Crippen LogP contribution in [0.3, 0.4) is 0 Å². The summed E-state index contributed by atoms with van der Waals surface area (Å²) < 4.78 is 50.5. The fraction of sp³-hybridized carbons (Fsp3) is 0.368. The number of hydrogen-bond acceptors (Lipinski definition) is 5. The Kier molecular flexibility index (Phi) is 5.98. The number of halogens is 1. The van der Waals surface area contributed by atoms with Gasteiger partial charge >= 0.3 is 0 Å². The minimum atomic E-state index is -3.60. The van der Waals surface area contributed by atoms with Gasteiger partial charge in [-0.15, -0.1) is 0 Å². The molecule has 0 unspecified atom stereocenters. The predicted molar refractivity (Wildman–Crippen MR) is 100.0 cm³/mol. The van der Waals surface area contributed by atoms with E-state index in [2.05, 4.69) is 4.90 Å². The first-order chi connectivity index (χ1) is 12.9. The zero-order valence-corrected chi connectivity index (χ0v) is 16.2. The average molecular weight is 394 g/mol. The van der Waals surface area contributed by atoms with E-state index >= 15 is 0 Å². The molecule has 0 bridgehead atoms. The van der Waals surface area contributed by atoms with E-state index in [1.807, 2.05) is 18.2 Å². The molecule has 0 amide bonds. The molecule has 0 aromatic heterocycles. The number of benzene rings is 2. The summed E-state index contributed by atoms with van der Waals surface area (Å²) in [6.07, 6.45) is 0. The molecule has 6 nitrogen and oxygen atoms in total. The molecule has 0 N–H and O–H groups in total. The summed E-state index contributed by atoms with van der Waals surface area (Å²) >= 11 is 0. The molecule has 1 fully saturated rings. The largest absolute Gasteiger partial charge is 0.497 e. The van der Waals surface area contributed by atoms with Gasteiger partial charge < -0.3 is 9.47 Å². The van der Waals surface area contributed by atoms with E-state index in [0.717, 1.165) is 17.1 Å². The highest BCUT2D eigenvalue weighted by Crippen LogP contribution is 2.26. The Morgan fingerprint density at radius 3 is 2.22 bits per heavy atom. The van der Waals surface area contributed by atoms with Crippen molar-refractivity contribution in [1.29, 1.82) is 0 Å². The number of methoxy groups -OCH3 is 2. The third-order valence-electron chi connectivity index (χ3n) is 4.67. The van der Waals surface area contributed by atoms with Crippen LogP contribution in [-0.4, -0.2) is 58.0 Å². The van der Waals surface area contributed by atoms with Gasteiger partial charge in [0.2, 0.25) is 10.0 Å². The van der Waals surface area contributed by atoms with Crippen molar-refractivity contribution in [2.45, 2.75) is 11.4 Å². The van der Waals surface area contributed by atoms with E-state index in [1.54, 1.807) is 14.2 Å². The van der Waals surface area contributed by atoms with Gasteiger partial charge in [-0.2, -0.15) is 4.31 Å². The van der Waals surface area contributed by atoms with E-state index in [4.69, 9.17) is 9.47 Å². The second-order valence-corrected chi connectivity index (χ2v) is 8.25. The maximum Gasteiger partial charge on any atom is 0.243 e. The molecule has 1 aliphatic rings. The van der Waals surface area contributed by atoms with Crippen LogP contribution in [0.15, 0.2) is 47.4 Å². The van der Waals surface area contributed by atoms with Gasteiger partial charge in [-0.1, -0.05) is 6.07 Å². The average Bonchev–Trinajstić information content (AvgIpc) is 2.69. The van der Waals surface area contributed by atoms with E-state index in [-0.39, 0.29) is 4.90 Å². The zero-order valence-electron chi connectivity index (χ0n) is 15.4. The Morgan fingerprint density at radius 1 is 0.963 bits per heavy atom. The van der Waals surface area contributed by atoms with Crippen LogP contribution in [0.2, 0.25) is 0 Å². The Bertz CT molecular complexity index is 879. The molecule has 1 saturated heterocycles. The molecule has 146 valence electrons. The van der Waals surface area contributed by atoms with Gasteiger partial charge in [0, 0.05) is 44.4 Å². The monoisotopic (exact) mass is 394 g/mol. The minimum Gasteiger partial charge on any atom is -0.497 e. The van der Waals surface area contributed by atoms with E-state index in [0.29, 0.717) is 32.7 Å². The maximum atomic E-state index is 13.1. The number of hydrogen-bond donors (Lipinski definition) is 0. The van der Waals surface area contributed by atoms with Crippen molar-refractivity contribution in [1.82, 2.24) is 9.21 Å². The number of rotatable bonds is 6. The van der Waals surface area contributed by atoms with Crippen LogP contribution >= 0.6 is 0 Å². The van der Waals surface area contributed by atoms with Gasteiger partial charge in [-0.25, -0.2) is 12.8 Å². The Balaban J connectivity index is 1.64. The fourth-order valence-corrected chi connectivity index (χ4v) is 4.53. The van der Waals surface area contributed by atoms with Gasteiger partial charge in [0.25, 0.3) is 0 Å². The van der Waals surface area contributed by atoms with Crippen molar-refractivity contribution in [3.05, 3.63) is 53.8 Å². The van der Waals surface area contributed by atoms with Crippen molar-refractivity contribution >= 4 is 10.0 Å². The Hall–Kier alpha value is -2.16. The van der Waals surface area contributed by atoms with Crippen molar-refractivity contribution in [2.24, 2.45) is 0 Å². The Labute approximate surface area is 159 Å². The summed E-state index contributed by atoms with van der Waals surface area (Å²) in [7, 11) is -0.375. The first-order valence-corrected chi connectivity index (χ1v) is 10.1. The van der Waals surface area contributed by atoms with Gasteiger partial charge in [0.05, 0.1) is 19.1 Å². The molecular weight excluding hydrogens is 371 g/mol. The van der Waals surface area contributed by atoms with Gasteiger partial charge in [-0.3, -0.25) is 4.90 Å². The van der Waals surface area contributed by atoms with Crippen LogP contribution in [0, 0.1) is 5.82 Å². The predicted octanol–water partition coefficient (Wildman–Crippen LogP) is 2.35. The quantitative estimate of drug-likeness (QED) is 0.753. The van der Waals surface area contributed by atoms with Gasteiger partial charge in [0.15, 0.2) is 0 Å². The maximum absolute atomic E-state index is 13.1. The lowest BCUT2D eigenvalue weighted by atomic mass is 10.1. The number of piperazine rings is 1. The summed E-state index contributed by atoms with van der Waals surface area (Å²) in [4.78, 5) is 2.30. The lowest BCUT2D eigenvalue weighted by Crippen LogP contribution is -2.48. The lowest BCUT2D eigenvalue weighted by Gasteiger charge is -2.34. The molecule has 0 saturated carbocycles. The molecule has 2 aromatic rings. The first kappa shape index (κ1) is 19.6. The molecule has 0 radical (unpaired) electrons. The second kappa shape index (κ2) is 8.24. The van der Waals surface area contributed by atoms with Crippen LogP contribution in [0.4, 0.5) is 4.39 Å². The Morgan fingerprint density at radius 2 is 1.63 bits per heavy atom. The van der Waals surface area contributed by atoms with Crippen LogP contribution in [0.5, 0.6) is 11.5 Å². The van der Waals surface area contributed by atoms with E-state index in [1.165, 1.54) is 28.6 Å². The topological polar surface area (TPSA) is 59.1 Å². The first-order valence-electron chi connectivity index (χ1n) is 8.63. The van der Waals surface area contributed by atoms with Crippen LogP contribution in [0.1, 0.15) is 5.56 Å². The summed E-state index contributed by atoms with van der Waals surface area (Å²) in [6, 6.07) is 10.6. The van der Waals surface area contributed by atoms with Gasteiger partial charge in [-0.05, 0) is 30.3 Å². The third kappa shape index (κ3) is 4.40. The lowest BCUT2D eigenvalue weighted by molar-refractivity contribution is 0.180. The highest BCUT2D eigenvalue weighted by Gasteiger charge is 2.28. The molecule has 0 atom stereocenters. The van der Waals surface area contributed by atoms with Crippen LogP contribution in [0.25, 0.3) is 0 Å². The number of nitrogens with zero attached hydrogens (tertiary/aromatic N) is 2. The molecule has 1 aliphatic heterocycles. The highest BCUT2D eigenvalue weighted by molar-refractivity contribution is 7.89. The molecule has 3 rings (SSSR count). The van der Waals surface area contributed by atoms with Crippen molar-refractivity contribution in [3.63, 3.8) is 0 Å². The minimum absolute atomic E-state index is 0.120. The molecule has 0 aliphatic carbocycles. The SMILES string of the molecule is COc1ccc(CN2CCN(S(=O)(=O)c3ccc(F)cc3)CC2)c(OC)c1. The van der Waals surface area contributed by atoms with Crippen LogP contribution in [-0.2, 0) is 16.6 Å². The molecule has 0 spiro atoms. The number of sulfonamides is 1. The summed E-state index contributed by atoms with van der Waals surface area (Å²) in [5, 5.41) is 0. The molecule has 1 heterocycles.